The van der Waals surface area contributed by atoms with Gasteiger partial charge in [0.1, 0.15) is 11.5 Å². The molecule has 0 spiro atoms. The summed E-state index contributed by atoms with van der Waals surface area (Å²) >= 11 is 0. The highest BCUT2D eigenvalue weighted by molar-refractivity contribution is 5.95. The van der Waals surface area contributed by atoms with Crippen LogP contribution in [0.3, 0.4) is 0 Å². The number of nitro benzene ring substituents is 1. The van der Waals surface area contributed by atoms with Gasteiger partial charge < -0.3 is 9.47 Å². The smallest absolute Gasteiger partial charge is 0.338 e. The molecule has 0 radical (unpaired) electrons. The largest absolute Gasteiger partial charge is 0.462 e. The Hall–Kier alpha value is -3.48. The molecule has 0 saturated carbocycles. The molecule has 0 unspecified atom stereocenters. The number of hydrogen-bond donors (Lipinski definition) is 0. The number of nitrogens with zero attached hydrogens (tertiary/aromatic N) is 2. The third kappa shape index (κ3) is 4.20. The number of unbranched alkanes of at least 4 members (excludes halogenated alkanes) is 1. The van der Waals surface area contributed by atoms with Gasteiger partial charge in [0, 0.05) is 23.8 Å². The first-order valence-electron chi connectivity index (χ1n) is 8.56. The lowest BCUT2D eigenvalue weighted by atomic mass is 10.1. The number of carbonyl (C=O) groups is 1. The summed E-state index contributed by atoms with van der Waals surface area (Å²) in [4.78, 5) is 26.6. The second kappa shape index (κ2) is 8.27. The van der Waals surface area contributed by atoms with Crippen molar-refractivity contribution in [1.82, 2.24) is 4.98 Å². The van der Waals surface area contributed by atoms with E-state index >= 15 is 0 Å². The number of esters is 1. The van der Waals surface area contributed by atoms with Crippen LogP contribution < -0.4 is 4.74 Å². The number of benzene rings is 2. The molecule has 0 amide bonds. The van der Waals surface area contributed by atoms with E-state index < -0.39 is 4.92 Å². The van der Waals surface area contributed by atoms with Gasteiger partial charge in [-0.2, -0.15) is 0 Å². The van der Waals surface area contributed by atoms with Crippen LogP contribution in [-0.2, 0) is 4.74 Å². The fourth-order valence-electron chi connectivity index (χ4n) is 2.57. The lowest BCUT2D eigenvalue weighted by Gasteiger charge is -2.10. The summed E-state index contributed by atoms with van der Waals surface area (Å²) in [6, 6.07) is 11.2. The monoisotopic (exact) mass is 366 g/mol. The van der Waals surface area contributed by atoms with Crippen LogP contribution in [-0.4, -0.2) is 22.5 Å². The minimum atomic E-state index is -0.452. The van der Waals surface area contributed by atoms with E-state index in [1.54, 1.807) is 42.6 Å². The summed E-state index contributed by atoms with van der Waals surface area (Å²) in [5, 5.41) is 12.2. The Morgan fingerprint density at radius 3 is 2.59 bits per heavy atom. The predicted molar refractivity (Wildman–Crippen MR) is 100 cm³/mol. The number of non-ortho nitro benzene ring substituents is 1. The highest BCUT2D eigenvalue weighted by Gasteiger charge is 2.15. The first kappa shape index (κ1) is 18.3. The quantitative estimate of drug-likeness (QED) is 0.256. The molecule has 3 rings (SSSR count). The molecule has 0 aliphatic heterocycles. The Morgan fingerprint density at radius 1 is 1.11 bits per heavy atom. The fourth-order valence-corrected chi connectivity index (χ4v) is 2.57. The zero-order valence-electron chi connectivity index (χ0n) is 14.8. The highest BCUT2D eigenvalue weighted by atomic mass is 16.6. The molecular weight excluding hydrogens is 348 g/mol. The van der Waals surface area contributed by atoms with Crippen LogP contribution in [0.4, 0.5) is 5.69 Å². The molecule has 0 aliphatic rings. The molecule has 0 atom stereocenters. The van der Waals surface area contributed by atoms with Gasteiger partial charge in [-0.25, -0.2) is 4.79 Å². The van der Waals surface area contributed by atoms with Crippen molar-refractivity contribution < 1.29 is 19.2 Å². The van der Waals surface area contributed by atoms with Crippen molar-refractivity contribution in [1.29, 1.82) is 0 Å². The van der Waals surface area contributed by atoms with Crippen molar-refractivity contribution in [2.75, 3.05) is 6.61 Å². The van der Waals surface area contributed by atoms with Gasteiger partial charge in [-0.1, -0.05) is 13.3 Å². The Labute approximate surface area is 155 Å². The molecule has 7 nitrogen and oxygen atoms in total. The zero-order chi connectivity index (χ0) is 19.2. The summed E-state index contributed by atoms with van der Waals surface area (Å²) in [7, 11) is 0. The molecule has 0 N–H and O–H groups in total. The number of ether oxygens (including phenoxy) is 2. The Kier molecular flexibility index (Phi) is 5.61. The summed E-state index contributed by atoms with van der Waals surface area (Å²) in [5.41, 5.74) is 0.409. The molecule has 0 saturated heterocycles. The second-order valence-electron chi connectivity index (χ2n) is 5.88. The first-order valence-corrected chi connectivity index (χ1v) is 8.56. The molecule has 27 heavy (non-hydrogen) atoms. The van der Waals surface area contributed by atoms with Gasteiger partial charge >= 0.3 is 5.97 Å². The predicted octanol–water partition coefficient (Wildman–Crippen LogP) is 4.89. The summed E-state index contributed by atoms with van der Waals surface area (Å²) in [6.07, 6.45) is 4.78. The number of rotatable bonds is 7. The third-order valence-electron chi connectivity index (χ3n) is 4.00. The van der Waals surface area contributed by atoms with E-state index in [2.05, 4.69) is 4.98 Å². The molecule has 1 heterocycles. The normalized spacial score (nSPS) is 10.6. The average molecular weight is 366 g/mol. The van der Waals surface area contributed by atoms with E-state index in [1.165, 1.54) is 12.3 Å². The lowest BCUT2D eigenvalue weighted by molar-refractivity contribution is -0.383. The molecule has 3 aromatic rings. The van der Waals surface area contributed by atoms with Crippen LogP contribution in [0.2, 0.25) is 0 Å². The summed E-state index contributed by atoms with van der Waals surface area (Å²) in [5.74, 6) is 0.602. The van der Waals surface area contributed by atoms with Gasteiger partial charge in [0.25, 0.3) is 5.69 Å². The second-order valence-corrected chi connectivity index (χ2v) is 5.88. The third-order valence-corrected chi connectivity index (χ3v) is 4.00. The van der Waals surface area contributed by atoms with Gasteiger partial charge in [-0.05, 0) is 42.8 Å². The Bertz CT molecular complexity index is 970. The molecule has 138 valence electrons. The molecule has 2 aromatic carbocycles. The van der Waals surface area contributed by atoms with Crippen LogP contribution >= 0.6 is 0 Å². The topological polar surface area (TPSA) is 91.6 Å². The van der Waals surface area contributed by atoms with Crippen molar-refractivity contribution in [2.24, 2.45) is 0 Å². The fraction of sp³-hybridized carbons (Fsp3) is 0.200. The Balaban J connectivity index is 1.81. The van der Waals surface area contributed by atoms with Crippen LogP contribution in [0, 0.1) is 10.1 Å². The lowest BCUT2D eigenvalue weighted by Crippen LogP contribution is -2.06. The number of hydrogen-bond acceptors (Lipinski definition) is 6. The number of nitro groups is 1. The van der Waals surface area contributed by atoms with Gasteiger partial charge in [-0.3, -0.25) is 15.1 Å². The number of carbonyl (C=O) groups excluding carboxylic acids is 1. The van der Waals surface area contributed by atoms with E-state index in [9.17, 15) is 14.9 Å². The van der Waals surface area contributed by atoms with Crippen molar-refractivity contribution in [2.45, 2.75) is 19.8 Å². The number of fused-ring (bicyclic) bond motifs is 1. The van der Waals surface area contributed by atoms with Gasteiger partial charge in [0.2, 0.25) is 0 Å². The maximum absolute atomic E-state index is 11.9. The van der Waals surface area contributed by atoms with Crippen molar-refractivity contribution in [3.8, 4) is 11.5 Å². The van der Waals surface area contributed by atoms with Crippen LogP contribution in [0.15, 0.2) is 54.9 Å². The Morgan fingerprint density at radius 2 is 1.89 bits per heavy atom. The van der Waals surface area contributed by atoms with Gasteiger partial charge in [-0.15, -0.1) is 0 Å². The molecular formula is C20H18N2O5. The standard InChI is InChI=1S/C20H18N2O5/c1-2-3-12-26-20(23)14-4-6-15(7-5-14)27-19-9-8-18(22(24)25)17-13-21-11-10-16(17)19/h4-11,13H,2-3,12H2,1H3. The molecule has 7 heteroatoms. The van der Waals surface area contributed by atoms with E-state index in [-0.39, 0.29) is 11.7 Å². The molecule has 0 aliphatic carbocycles. The van der Waals surface area contributed by atoms with Crippen LogP contribution in [0.5, 0.6) is 11.5 Å². The van der Waals surface area contributed by atoms with Crippen molar-refractivity contribution >= 4 is 22.4 Å². The summed E-state index contributed by atoms with van der Waals surface area (Å²) in [6.45, 7) is 2.42. The molecule has 1 aromatic heterocycles. The maximum Gasteiger partial charge on any atom is 0.338 e. The summed E-state index contributed by atoms with van der Waals surface area (Å²) < 4.78 is 11.0. The first-order chi connectivity index (χ1) is 13.1. The van der Waals surface area contributed by atoms with Crippen LogP contribution in [0.25, 0.3) is 10.8 Å². The SMILES string of the molecule is CCCCOC(=O)c1ccc(Oc2ccc([N+](=O)[O-])c3cnccc23)cc1. The van der Waals surface area contributed by atoms with E-state index in [0.717, 1.165) is 12.8 Å². The van der Waals surface area contributed by atoms with E-state index in [1.807, 2.05) is 6.92 Å². The van der Waals surface area contributed by atoms with Gasteiger partial charge in [0.05, 0.1) is 22.5 Å². The van der Waals surface area contributed by atoms with E-state index in [0.29, 0.717) is 34.4 Å². The molecule has 0 fully saturated rings. The number of pyridine rings is 1. The maximum atomic E-state index is 11.9. The average Bonchev–Trinajstić information content (AvgIpc) is 2.68. The minimum Gasteiger partial charge on any atom is -0.462 e. The zero-order valence-corrected chi connectivity index (χ0v) is 14.8. The van der Waals surface area contributed by atoms with Crippen molar-refractivity contribution in [3.63, 3.8) is 0 Å². The minimum absolute atomic E-state index is 0.0318. The van der Waals surface area contributed by atoms with Crippen molar-refractivity contribution in [3.05, 3.63) is 70.5 Å². The molecule has 0 bridgehead atoms. The van der Waals surface area contributed by atoms with E-state index in [4.69, 9.17) is 9.47 Å². The van der Waals surface area contributed by atoms with Gasteiger partial charge in [0.15, 0.2) is 0 Å². The van der Waals surface area contributed by atoms with Crippen LogP contribution in [0.1, 0.15) is 30.1 Å². The number of aromatic nitrogens is 1. The highest BCUT2D eigenvalue weighted by Crippen LogP contribution is 2.34.